The van der Waals surface area contributed by atoms with E-state index < -0.39 is 0 Å². The van der Waals surface area contributed by atoms with E-state index in [0.29, 0.717) is 6.61 Å². The number of hydrogen-bond donors (Lipinski definition) is 0. The van der Waals surface area contributed by atoms with Gasteiger partial charge in [0.05, 0.1) is 6.61 Å². The minimum Gasteiger partial charge on any atom is -0.493 e. The minimum atomic E-state index is 0.696. The molecule has 3 heteroatoms. The summed E-state index contributed by atoms with van der Waals surface area (Å²) in [6.07, 6.45) is 0. The highest BCUT2D eigenvalue weighted by Gasteiger charge is 1.95. The SMILES string of the molecule is Clc1ccc(OCCSc2ccccc2)cc1. The van der Waals surface area contributed by atoms with E-state index in [2.05, 4.69) is 12.1 Å². The number of thioether (sulfide) groups is 1. The Labute approximate surface area is 111 Å². The van der Waals surface area contributed by atoms with E-state index in [0.717, 1.165) is 16.5 Å². The van der Waals surface area contributed by atoms with Crippen LogP contribution in [0.25, 0.3) is 0 Å². The topological polar surface area (TPSA) is 9.23 Å². The molecule has 0 amide bonds. The van der Waals surface area contributed by atoms with Gasteiger partial charge >= 0.3 is 0 Å². The standard InChI is InChI=1S/C14H13ClOS/c15-12-6-8-13(9-7-12)16-10-11-17-14-4-2-1-3-5-14/h1-9H,10-11H2. The highest BCUT2D eigenvalue weighted by molar-refractivity contribution is 7.99. The molecule has 0 aliphatic heterocycles. The van der Waals surface area contributed by atoms with Crippen molar-refractivity contribution in [2.75, 3.05) is 12.4 Å². The maximum atomic E-state index is 5.79. The summed E-state index contributed by atoms with van der Waals surface area (Å²) in [5.74, 6) is 1.80. The van der Waals surface area contributed by atoms with E-state index in [1.807, 2.05) is 42.5 Å². The van der Waals surface area contributed by atoms with Gasteiger partial charge in [-0.25, -0.2) is 0 Å². The lowest BCUT2D eigenvalue weighted by molar-refractivity contribution is 0.344. The lowest BCUT2D eigenvalue weighted by Crippen LogP contribution is -1.99. The van der Waals surface area contributed by atoms with Crippen LogP contribution in [-0.2, 0) is 0 Å². The summed E-state index contributed by atoms with van der Waals surface area (Å²) in [6.45, 7) is 0.696. The Kier molecular flexibility index (Phi) is 4.77. The largest absolute Gasteiger partial charge is 0.493 e. The second-order valence-corrected chi connectivity index (χ2v) is 5.07. The molecule has 0 N–H and O–H groups in total. The van der Waals surface area contributed by atoms with E-state index in [1.54, 1.807) is 11.8 Å². The summed E-state index contributed by atoms with van der Waals surface area (Å²) >= 11 is 7.59. The quantitative estimate of drug-likeness (QED) is 0.580. The van der Waals surface area contributed by atoms with Crippen molar-refractivity contribution >= 4 is 23.4 Å². The average Bonchev–Trinajstić information content (AvgIpc) is 2.38. The Balaban J connectivity index is 1.71. The van der Waals surface area contributed by atoms with Crippen LogP contribution in [0.15, 0.2) is 59.5 Å². The number of benzene rings is 2. The third-order valence-electron chi connectivity index (χ3n) is 2.18. The van der Waals surface area contributed by atoms with Crippen LogP contribution in [-0.4, -0.2) is 12.4 Å². The van der Waals surface area contributed by atoms with Crippen molar-refractivity contribution in [2.45, 2.75) is 4.90 Å². The number of rotatable bonds is 5. The molecule has 17 heavy (non-hydrogen) atoms. The van der Waals surface area contributed by atoms with Crippen molar-refractivity contribution in [1.82, 2.24) is 0 Å². The second kappa shape index (κ2) is 6.58. The Morgan fingerprint density at radius 2 is 1.65 bits per heavy atom. The maximum Gasteiger partial charge on any atom is 0.119 e. The fourth-order valence-corrected chi connectivity index (χ4v) is 2.24. The zero-order valence-corrected chi connectivity index (χ0v) is 10.9. The lowest BCUT2D eigenvalue weighted by Gasteiger charge is -2.05. The first-order valence-electron chi connectivity index (χ1n) is 5.41. The van der Waals surface area contributed by atoms with Crippen molar-refractivity contribution in [2.24, 2.45) is 0 Å². The predicted octanol–water partition coefficient (Wildman–Crippen LogP) is 4.51. The summed E-state index contributed by atoms with van der Waals surface area (Å²) in [7, 11) is 0. The van der Waals surface area contributed by atoms with Gasteiger partial charge in [-0.1, -0.05) is 29.8 Å². The van der Waals surface area contributed by atoms with Crippen molar-refractivity contribution < 1.29 is 4.74 Å². The number of halogens is 1. The van der Waals surface area contributed by atoms with Crippen LogP contribution in [0.1, 0.15) is 0 Å². The van der Waals surface area contributed by atoms with Crippen LogP contribution in [0.5, 0.6) is 5.75 Å². The Morgan fingerprint density at radius 1 is 0.941 bits per heavy atom. The van der Waals surface area contributed by atoms with Crippen LogP contribution in [0, 0.1) is 0 Å². The average molecular weight is 265 g/mol. The lowest BCUT2D eigenvalue weighted by atomic mass is 10.3. The molecule has 1 nitrogen and oxygen atoms in total. The summed E-state index contributed by atoms with van der Waals surface area (Å²) in [5.41, 5.74) is 0. The monoisotopic (exact) mass is 264 g/mol. The number of hydrogen-bond acceptors (Lipinski definition) is 2. The van der Waals surface area contributed by atoms with Gasteiger partial charge in [-0.2, -0.15) is 0 Å². The molecular weight excluding hydrogens is 252 g/mol. The molecular formula is C14H13ClOS. The molecule has 0 radical (unpaired) electrons. The van der Waals surface area contributed by atoms with Crippen LogP contribution >= 0.6 is 23.4 Å². The Morgan fingerprint density at radius 3 is 2.35 bits per heavy atom. The fraction of sp³-hybridized carbons (Fsp3) is 0.143. The van der Waals surface area contributed by atoms with Gasteiger partial charge in [0.1, 0.15) is 5.75 Å². The normalized spacial score (nSPS) is 10.2. The summed E-state index contributed by atoms with van der Waals surface area (Å²) in [5, 5.41) is 0.732. The van der Waals surface area contributed by atoms with Gasteiger partial charge in [0, 0.05) is 15.7 Å². The number of ether oxygens (including phenoxy) is 1. The molecule has 0 fully saturated rings. The van der Waals surface area contributed by atoms with Gasteiger partial charge in [0.2, 0.25) is 0 Å². The van der Waals surface area contributed by atoms with Gasteiger partial charge in [0.15, 0.2) is 0 Å². The van der Waals surface area contributed by atoms with E-state index >= 15 is 0 Å². The van der Waals surface area contributed by atoms with Gasteiger partial charge in [0.25, 0.3) is 0 Å². The van der Waals surface area contributed by atoms with Crippen LogP contribution in [0.2, 0.25) is 5.02 Å². The van der Waals surface area contributed by atoms with Crippen molar-refractivity contribution in [3.8, 4) is 5.75 Å². The molecule has 0 atom stereocenters. The van der Waals surface area contributed by atoms with Crippen LogP contribution < -0.4 is 4.74 Å². The van der Waals surface area contributed by atoms with E-state index in [9.17, 15) is 0 Å². The van der Waals surface area contributed by atoms with Gasteiger partial charge in [-0.05, 0) is 36.4 Å². The molecule has 0 aromatic heterocycles. The second-order valence-electron chi connectivity index (χ2n) is 3.46. The molecule has 0 unspecified atom stereocenters. The van der Waals surface area contributed by atoms with Crippen molar-refractivity contribution in [3.05, 3.63) is 59.6 Å². The third kappa shape index (κ3) is 4.33. The molecule has 0 spiro atoms. The summed E-state index contributed by atoms with van der Waals surface area (Å²) in [6, 6.07) is 17.8. The molecule has 2 rings (SSSR count). The molecule has 2 aromatic carbocycles. The first kappa shape index (κ1) is 12.3. The third-order valence-corrected chi connectivity index (χ3v) is 3.41. The summed E-state index contributed by atoms with van der Waals surface area (Å²) in [4.78, 5) is 1.27. The molecule has 0 aliphatic carbocycles. The zero-order valence-electron chi connectivity index (χ0n) is 9.30. The highest BCUT2D eigenvalue weighted by atomic mass is 35.5. The molecule has 0 bridgehead atoms. The van der Waals surface area contributed by atoms with E-state index in [4.69, 9.17) is 16.3 Å². The van der Waals surface area contributed by atoms with Gasteiger partial charge in [-0.3, -0.25) is 0 Å². The molecule has 0 heterocycles. The van der Waals surface area contributed by atoms with E-state index in [-0.39, 0.29) is 0 Å². The smallest absolute Gasteiger partial charge is 0.119 e. The fourth-order valence-electron chi connectivity index (χ4n) is 1.37. The molecule has 2 aromatic rings. The summed E-state index contributed by atoms with van der Waals surface area (Å²) < 4.78 is 5.60. The van der Waals surface area contributed by atoms with Gasteiger partial charge in [-0.15, -0.1) is 11.8 Å². The molecule has 88 valence electrons. The maximum absolute atomic E-state index is 5.79. The van der Waals surface area contributed by atoms with Crippen LogP contribution in [0.3, 0.4) is 0 Å². The van der Waals surface area contributed by atoms with E-state index in [1.165, 1.54) is 4.90 Å². The minimum absolute atomic E-state index is 0.696. The molecule has 0 aliphatic rings. The van der Waals surface area contributed by atoms with Crippen LogP contribution in [0.4, 0.5) is 0 Å². The molecule has 0 saturated heterocycles. The van der Waals surface area contributed by atoms with Gasteiger partial charge < -0.3 is 4.74 Å². The first-order chi connectivity index (χ1) is 8.34. The Hall–Kier alpha value is -1.12. The predicted molar refractivity (Wildman–Crippen MR) is 74.1 cm³/mol. The molecule has 0 saturated carbocycles. The Bertz CT molecular complexity index is 442. The first-order valence-corrected chi connectivity index (χ1v) is 6.77. The van der Waals surface area contributed by atoms with Crippen molar-refractivity contribution in [3.63, 3.8) is 0 Å². The highest BCUT2D eigenvalue weighted by Crippen LogP contribution is 2.18. The van der Waals surface area contributed by atoms with Crippen molar-refractivity contribution in [1.29, 1.82) is 0 Å². The zero-order chi connectivity index (χ0) is 11.9.